The first-order chi connectivity index (χ1) is 17.4. The van der Waals surface area contributed by atoms with Gasteiger partial charge in [-0.15, -0.1) is 0 Å². The smallest absolute Gasteiger partial charge is 0.0786 e. The van der Waals surface area contributed by atoms with Gasteiger partial charge < -0.3 is 4.57 Å². The van der Waals surface area contributed by atoms with Crippen molar-refractivity contribution < 1.29 is 0 Å². The average Bonchev–Trinajstić information content (AvgIpc) is 3.44. The Balaban J connectivity index is 1.46. The summed E-state index contributed by atoms with van der Waals surface area (Å²) in [6.07, 6.45) is 1.89. The van der Waals surface area contributed by atoms with Gasteiger partial charge in [-0.25, -0.2) is 0 Å². The minimum Gasteiger partial charge on any atom is -0.309 e. The van der Waals surface area contributed by atoms with Gasteiger partial charge in [-0.1, -0.05) is 84.9 Å². The first-order valence-corrected chi connectivity index (χ1v) is 12.0. The van der Waals surface area contributed by atoms with E-state index in [2.05, 4.69) is 114 Å². The molecule has 8 rings (SSSR count). The van der Waals surface area contributed by atoms with Gasteiger partial charge >= 0.3 is 0 Å². The summed E-state index contributed by atoms with van der Waals surface area (Å²) in [5, 5.41) is 5.10. The Morgan fingerprint density at radius 2 is 1.29 bits per heavy atom. The van der Waals surface area contributed by atoms with Crippen molar-refractivity contribution in [2.75, 3.05) is 0 Å². The van der Waals surface area contributed by atoms with Crippen molar-refractivity contribution >= 4 is 32.6 Å². The lowest BCUT2D eigenvalue weighted by Crippen LogP contribution is -1.95. The van der Waals surface area contributed by atoms with Gasteiger partial charge in [0, 0.05) is 38.9 Å². The molecule has 162 valence electrons. The quantitative estimate of drug-likeness (QED) is 0.261. The molecule has 2 nitrogen and oxygen atoms in total. The van der Waals surface area contributed by atoms with E-state index in [1.165, 1.54) is 66.1 Å². The summed E-state index contributed by atoms with van der Waals surface area (Å²) in [6, 6.07) is 41.6. The largest absolute Gasteiger partial charge is 0.309 e. The second kappa shape index (κ2) is 6.91. The van der Waals surface area contributed by atoms with Crippen LogP contribution in [0.5, 0.6) is 0 Å². The van der Waals surface area contributed by atoms with E-state index in [1.807, 2.05) is 12.3 Å². The fraction of sp³-hybridized carbons (Fsp3) is 0. The van der Waals surface area contributed by atoms with E-state index in [4.69, 9.17) is 4.98 Å². The monoisotopic (exact) mass is 444 g/mol. The number of rotatable bonds is 2. The molecule has 0 atom stereocenters. The van der Waals surface area contributed by atoms with Crippen LogP contribution < -0.4 is 0 Å². The van der Waals surface area contributed by atoms with Crippen LogP contribution in [0.2, 0.25) is 0 Å². The Hall–Kier alpha value is -4.69. The number of fused-ring (bicyclic) bond motifs is 6. The van der Waals surface area contributed by atoms with Crippen LogP contribution in [0.3, 0.4) is 0 Å². The normalized spacial score (nSPS) is 12.0. The molecule has 2 heterocycles. The van der Waals surface area contributed by atoms with Crippen LogP contribution in [0.1, 0.15) is 0 Å². The second-order valence-corrected chi connectivity index (χ2v) is 9.21. The Labute approximate surface area is 202 Å². The average molecular weight is 445 g/mol. The molecule has 5 aromatic carbocycles. The molecule has 0 saturated carbocycles. The molecule has 0 unspecified atom stereocenters. The van der Waals surface area contributed by atoms with Crippen molar-refractivity contribution in [1.82, 2.24) is 9.55 Å². The lowest BCUT2D eigenvalue weighted by molar-refractivity contribution is 1.20. The minimum atomic E-state index is 1.08. The van der Waals surface area contributed by atoms with Gasteiger partial charge in [-0.05, 0) is 47.0 Å². The van der Waals surface area contributed by atoms with Crippen molar-refractivity contribution in [3.8, 4) is 39.2 Å². The molecule has 2 heteroatoms. The summed E-state index contributed by atoms with van der Waals surface area (Å²) < 4.78 is 2.43. The lowest BCUT2D eigenvalue weighted by Gasteiger charge is -2.13. The Morgan fingerprint density at radius 3 is 2.23 bits per heavy atom. The third kappa shape index (κ3) is 2.51. The number of benzene rings is 5. The zero-order valence-corrected chi connectivity index (χ0v) is 18.9. The molecule has 2 aromatic heterocycles. The van der Waals surface area contributed by atoms with Crippen LogP contribution in [-0.4, -0.2) is 9.55 Å². The van der Waals surface area contributed by atoms with Gasteiger partial charge in [-0.3, -0.25) is 4.98 Å². The topological polar surface area (TPSA) is 17.8 Å². The molecule has 0 spiro atoms. The number of hydrogen-bond acceptors (Lipinski definition) is 1. The maximum Gasteiger partial charge on any atom is 0.0786 e. The van der Waals surface area contributed by atoms with E-state index in [-0.39, 0.29) is 0 Å². The van der Waals surface area contributed by atoms with Crippen LogP contribution in [0.15, 0.2) is 121 Å². The molecule has 0 amide bonds. The molecule has 35 heavy (non-hydrogen) atoms. The SMILES string of the molecule is c1ccc(-c2ccc3c(c2)c2ccccc2n3-c2ccc3c4c(cccc24)-c2cccnc2-3)cc1. The van der Waals surface area contributed by atoms with Gasteiger partial charge in [0.25, 0.3) is 0 Å². The number of hydrogen-bond donors (Lipinski definition) is 0. The molecule has 0 fully saturated rings. The van der Waals surface area contributed by atoms with E-state index >= 15 is 0 Å². The minimum absolute atomic E-state index is 1.08. The van der Waals surface area contributed by atoms with E-state index in [0.717, 1.165) is 5.69 Å². The molecular weight excluding hydrogens is 424 g/mol. The third-order valence-corrected chi connectivity index (χ3v) is 7.39. The van der Waals surface area contributed by atoms with Crippen LogP contribution in [0, 0.1) is 0 Å². The molecule has 0 aliphatic heterocycles. The van der Waals surface area contributed by atoms with E-state index < -0.39 is 0 Å². The summed E-state index contributed by atoms with van der Waals surface area (Å²) in [4.78, 5) is 4.72. The maximum absolute atomic E-state index is 4.72. The molecule has 1 aliphatic carbocycles. The Kier molecular flexibility index (Phi) is 3.69. The van der Waals surface area contributed by atoms with Crippen molar-refractivity contribution in [2.24, 2.45) is 0 Å². The lowest BCUT2D eigenvalue weighted by atomic mass is 10.0. The highest BCUT2D eigenvalue weighted by molar-refractivity contribution is 6.18. The second-order valence-electron chi connectivity index (χ2n) is 9.21. The van der Waals surface area contributed by atoms with Crippen LogP contribution >= 0.6 is 0 Å². The standard InChI is InChI=1S/C33H20N2/c1-2-8-21(9-3-1)22-15-17-31-28(20-22)23-10-4-5-14-29(23)35(31)30-18-16-27-32-24(11-6-12-26(30)32)25-13-7-19-34-33(25)27/h1-20H. The summed E-state index contributed by atoms with van der Waals surface area (Å²) >= 11 is 0. The predicted octanol–water partition coefficient (Wildman–Crippen LogP) is 8.65. The first-order valence-electron chi connectivity index (χ1n) is 12.0. The first kappa shape index (κ1) is 18.7. The maximum atomic E-state index is 4.72. The molecule has 0 N–H and O–H groups in total. The highest BCUT2D eigenvalue weighted by Crippen LogP contribution is 2.48. The summed E-state index contributed by atoms with van der Waals surface area (Å²) in [5.74, 6) is 0. The molecule has 0 radical (unpaired) electrons. The molecule has 7 aromatic rings. The summed E-state index contributed by atoms with van der Waals surface area (Å²) in [5.41, 5.74) is 10.9. The van der Waals surface area contributed by atoms with Crippen molar-refractivity contribution in [3.63, 3.8) is 0 Å². The van der Waals surface area contributed by atoms with Crippen LogP contribution in [0.25, 0.3) is 71.8 Å². The number of aromatic nitrogens is 2. The highest BCUT2D eigenvalue weighted by atomic mass is 15.0. The zero-order valence-electron chi connectivity index (χ0n) is 18.9. The molecule has 0 saturated heterocycles. The highest BCUT2D eigenvalue weighted by Gasteiger charge is 2.24. The van der Waals surface area contributed by atoms with Crippen molar-refractivity contribution in [2.45, 2.75) is 0 Å². The van der Waals surface area contributed by atoms with E-state index in [1.54, 1.807) is 0 Å². The van der Waals surface area contributed by atoms with Gasteiger partial charge in [0.2, 0.25) is 0 Å². The zero-order chi connectivity index (χ0) is 22.9. The van der Waals surface area contributed by atoms with Crippen LogP contribution in [-0.2, 0) is 0 Å². The van der Waals surface area contributed by atoms with E-state index in [0.29, 0.717) is 0 Å². The van der Waals surface area contributed by atoms with Gasteiger partial charge in [-0.2, -0.15) is 0 Å². The summed E-state index contributed by atoms with van der Waals surface area (Å²) in [6.45, 7) is 0. The van der Waals surface area contributed by atoms with Crippen molar-refractivity contribution in [3.05, 3.63) is 121 Å². The third-order valence-electron chi connectivity index (χ3n) is 7.39. The Bertz CT molecular complexity index is 1910. The number of para-hydroxylation sites is 1. The van der Waals surface area contributed by atoms with Gasteiger partial charge in [0.05, 0.1) is 22.4 Å². The Morgan fingerprint density at radius 1 is 0.486 bits per heavy atom. The van der Waals surface area contributed by atoms with E-state index in [9.17, 15) is 0 Å². The van der Waals surface area contributed by atoms with Gasteiger partial charge in [0.1, 0.15) is 0 Å². The van der Waals surface area contributed by atoms with Crippen molar-refractivity contribution in [1.29, 1.82) is 0 Å². The predicted molar refractivity (Wildman–Crippen MR) is 146 cm³/mol. The van der Waals surface area contributed by atoms with Gasteiger partial charge in [0.15, 0.2) is 0 Å². The molecular formula is C33H20N2. The fourth-order valence-electron chi connectivity index (χ4n) is 5.89. The van der Waals surface area contributed by atoms with Crippen LogP contribution in [0.4, 0.5) is 0 Å². The number of pyridine rings is 1. The molecule has 0 bridgehead atoms. The summed E-state index contributed by atoms with van der Waals surface area (Å²) in [7, 11) is 0. The molecule has 1 aliphatic rings. The number of nitrogens with zero attached hydrogens (tertiary/aromatic N) is 2. The fourth-order valence-corrected chi connectivity index (χ4v) is 5.89.